The Bertz CT molecular complexity index is 1130. The molecule has 0 heterocycles. The molecule has 0 unspecified atom stereocenters. The van der Waals surface area contributed by atoms with E-state index in [-0.39, 0.29) is 5.78 Å². The summed E-state index contributed by atoms with van der Waals surface area (Å²) in [6, 6.07) is 27.5. The Morgan fingerprint density at radius 1 is 0.429 bits per heavy atom. The van der Waals surface area contributed by atoms with E-state index in [4.69, 9.17) is 11.5 Å². The second-order valence-corrected chi connectivity index (χ2v) is 7.09. The number of nitrogen functional groups attached to an aromatic ring is 2. The van der Waals surface area contributed by atoms with Crippen LogP contribution in [0.25, 0.3) is 33.4 Å². The van der Waals surface area contributed by atoms with Crippen LogP contribution in [0.15, 0.2) is 84.9 Å². The third-order valence-corrected chi connectivity index (χ3v) is 5.31. The molecule has 0 saturated heterocycles. The van der Waals surface area contributed by atoms with Crippen LogP contribution in [0.5, 0.6) is 0 Å². The van der Waals surface area contributed by atoms with Crippen LogP contribution in [0.1, 0.15) is 15.9 Å². The molecule has 0 radical (unpaired) electrons. The van der Waals surface area contributed by atoms with Crippen LogP contribution in [0.3, 0.4) is 0 Å². The predicted octanol–water partition coefficient (Wildman–Crippen LogP) is 5.40. The number of rotatable bonds is 2. The molecular formula is C25H18N2O. The quantitative estimate of drug-likeness (QED) is 0.413. The number of ketones is 1. The normalized spacial score (nSPS) is 11.9. The monoisotopic (exact) mass is 362 g/mol. The molecule has 3 heteroatoms. The molecule has 0 bridgehead atoms. The molecular weight excluding hydrogens is 344 g/mol. The summed E-state index contributed by atoms with van der Waals surface area (Å²) in [7, 11) is 0. The van der Waals surface area contributed by atoms with Crippen molar-refractivity contribution in [3.63, 3.8) is 0 Å². The lowest BCUT2D eigenvalue weighted by Gasteiger charge is -2.06. The van der Waals surface area contributed by atoms with Gasteiger partial charge in [0, 0.05) is 22.5 Å². The Kier molecular flexibility index (Phi) is 3.56. The van der Waals surface area contributed by atoms with E-state index < -0.39 is 0 Å². The molecule has 1 aliphatic carbocycles. The van der Waals surface area contributed by atoms with Gasteiger partial charge in [-0.25, -0.2) is 0 Å². The maximum atomic E-state index is 13.1. The molecule has 0 aliphatic heterocycles. The Balaban J connectivity index is 1.57. The fourth-order valence-electron chi connectivity index (χ4n) is 3.79. The van der Waals surface area contributed by atoms with E-state index >= 15 is 0 Å². The van der Waals surface area contributed by atoms with E-state index in [0.29, 0.717) is 0 Å². The molecule has 3 nitrogen and oxygen atoms in total. The van der Waals surface area contributed by atoms with Gasteiger partial charge >= 0.3 is 0 Å². The lowest BCUT2D eigenvalue weighted by atomic mass is 9.98. The number of carbonyl (C=O) groups excluding carboxylic acids is 1. The highest BCUT2D eigenvalue weighted by atomic mass is 16.1. The zero-order valence-electron chi connectivity index (χ0n) is 15.1. The molecule has 4 aromatic carbocycles. The fourth-order valence-corrected chi connectivity index (χ4v) is 3.79. The SMILES string of the molecule is Nc1ccc(-c2ccc3c(c2)C(=O)c2cc(-c4ccc(N)cc4)ccc2-3)cc1. The van der Waals surface area contributed by atoms with Crippen LogP contribution in [0, 0.1) is 0 Å². The molecule has 134 valence electrons. The van der Waals surface area contributed by atoms with E-state index in [1.165, 1.54) is 0 Å². The van der Waals surface area contributed by atoms with Gasteiger partial charge in [0.15, 0.2) is 5.78 Å². The second kappa shape index (κ2) is 6.10. The van der Waals surface area contributed by atoms with E-state index in [0.717, 1.165) is 55.9 Å². The van der Waals surface area contributed by atoms with E-state index in [2.05, 4.69) is 12.1 Å². The molecule has 0 atom stereocenters. The van der Waals surface area contributed by atoms with Gasteiger partial charge in [-0.2, -0.15) is 0 Å². The summed E-state index contributed by atoms with van der Waals surface area (Å²) >= 11 is 0. The molecule has 5 rings (SSSR count). The number of fused-ring (bicyclic) bond motifs is 3. The lowest BCUT2D eigenvalue weighted by molar-refractivity contribution is 0.104. The summed E-state index contributed by atoms with van der Waals surface area (Å²) in [6.45, 7) is 0. The minimum Gasteiger partial charge on any atom is -0.399 e. The molecule has 0 spiro atoms. The molecule has 4 aromatic rings. The zero-order valence-corrected chi connectivity index (χ0v) is 15.1. The number of nitrogens with two attached hydrogens (primary N) is 2. The lowest BCUT2D eigenvalue weighted by Crippen LogP contribution is -1.96. The number of anilines is 2. The zero-order chi connectivity index (χ0) is 19.3. The largest absolute Gasteiger partial charge is 0.399 e. The summed E-state index contributed by atoms with van der Waals surface area (Å²) in [6.07, 6.45) is 0. The van der Waals surface area contributed by atoms with Gasteiger partial charge in [0.2, 0.25) is 0 Å². The molecule has 0 amide bonds. The first kappa shape index (κ1) is 16.3. The van der Waals surface area contributed by atoms with E-state index in [1.54, 1.807) is 0 Å². The number of hydrogen-bond donors (Lipinski definition) is 2. The van der Waals surface area contributed by atoms with Crippen molar-refractivity contribution >= 4 is 17.2 Å². The maximum absolute atomic E-state index is 13.1. The van der Waals surface area contributed by atoms with Gasteiger partial charge < -0.3 is 11.5 Å². The van der Waals surface area contributed by atoms with Gasteiger partial charge in [-0.05, 0) is 69.8 Å². The Labute approximate surface area is 163 Å². The van der Waals surface area contributed by atoms with E-state index in [9.17, 15) is 4.79 Å². The molecule has 1 aliphatic rings. The van der Waals surface area contributed by atoms with Crippen LogP contribution < -0.4 is 11.5 Å². The van der Waals surface area contributed by atoms with Crippen molar-refractivity contribution in [3.05, 3.63) is 96.1 Å². The summed E-state index contributed by atoms with van der Waals surface area (Å²) < 4.78 is 0. The van der Waals surface area contributed by atoms with E-state index in [1.807, 2.05) is 72.8 Å². The molecule has 28 heavy (non-hydrogen) atoms. The number of hydrogen-bond acceptors (Lipinski definition) is 3. The minimum absolute atomic E-state index is 0.0691. The first-order valence-corrected chi connectivity index (χ1v) is 9.15. The van der Waals surface area contributed by atoms with Gasteiger partial charge in [-0.1, -0.05) is 48.5 Å². The standard InChI is InChI=1S/C25H18N2O/c26-19-7-1-15(2-8-19)17-5-11-21-22-12-6-18(16-3-9-20(27)10-4-16)14-24(22)25(28)23(21)13-17/h1-14H,26-27H2. The summed E-state index contributed by atoms with van der Waals surface area (Å²) in [5.74, 6) is 0.0691. The van der Waals surface area contributed by atoms with Crippen molar-refractivity contribution in [1.29, 1.82) is 0 Å². The van der Waals surface area contributed by atoms with Crippen molar-refractivity contribution in [3.8, 4) is 33.4 Å². The van der Waals surface area contributed by atoms with Crippen molar-refractivity contribution < 1.29 is 4.79 Å². The van der Waals surface area contributed by atoms with Crippen LogP contribution >= 0.6 is 0 Å². The first-order valence-electron chi connectivity index (χ1n) is 9.15. The Hall–Kier alpha value is -3.85. The summed E-state index contributed by atoms with van der Waals surface area (Å²) in [5.41, 5.74) is 20.6. The van der Waals surface area contributed by atoms with Crippen molar-refractivity contribution in [2.45, 2.75) is 0 Å². The minimum atomic E-state index is 0.0691. The molecule has 0 fully saturated rings. The number of benzene rings is 4. The first-order chi connectivity index (χ1) is 13.6. The van der Waals surface area contributed by atoms with Crippen LogP contribution in [0.2, 0.25) is 0 Å². The van der Waals surface area contributed by atoms with Crippen molar-refractivity contribution in [1.82, 2.24) is 0 Å². The van der Waals surface area contributed by atoms with Crippen LogP contribution in [-0.4, -0.2) is 5.78 Å². The van der Waals surface area contributed by atoms with Crippen LogP contribution in [0.4, 0.5) is 11.4 Å². The summed E-state index contributed by atoms with van der Waals surface area (Å²) in [5, 5.41) is 0. The second-order valence-electron chi connectivity index (χ2n) is 7.09. The highest BCUT2D eigenvalue weighted by Crippen LogP contribution is 2.40. The van der Waals surface area contributed by atoms with Gasteiger partial charge in [-0.15, -0.1) is 0 Å². The topological polar surface area (TPSA) is 69.1 Å². The van der Waals surface area contributed by atoms with Gasteiger partial charge in [0.1, 0.15) is 0 Å². The van der Waals surface area contributed by atoms with Crippen molar-refractivity contribution in [2.24, 2.45) is 0 Å². The molecule has 0 saturated carbocycles. The summed E-state index contributed by atoms with van der Waals surface area (Å²) in [4.78, 5) is 13.1. The highest BCUT2D eigenvalue weighted by molar-refractivity contribution is 6.22. The number of carbonyl (C=O) groups is 1. The maximum Gasteiger partial charge on any atom is 0.194 e. The predicted molar refractivity (Wildman–Crippen MR) is 115 cm³/mol. The smallest absolute Gasteiger partial charge is 0.194 e. The highest BCUT2D eigenvalue weighted by Gasteiger charge is 2.27. The van der Waals surface area contributed by atoms with Gasteiger partial charge in [-0.3, -0.25) is 4.79 Å². The fraction of sp³-hybridized carbons (Fsp3) is 0. The molecule has 0 aromatic heterocycles. The molecule has 4 N–H and O–H groups in total. The third-order valence-electron chi connectivity index (χ3n) is 5.31. The van der Waals surface area contributed by atoms with Gasteiger partial charge in [0.25, 0.3) is 0 Å². The van der Waals surface area contributed by atoms with Crippen molar-refractivity contribution in [2.75, 3.05) is 11.5 Å². The Morgan fingerprint density at radius 2 is 0.786 bits per heavy atom. The van der Waals surface area contributed by atoms with Gasteiger partial charge in [0.05, 0.1) is 0 Å². The Morgan fingerprint density at radius 3 is 1.18 bits per heavy atom. The average Bonchev–Trinajstić information content (AvgIpc) is 3.00. The average molecular weight is 362 g/mol. The third kappa shape index (κ3) is 2.57. The van der Waals surface area contributed by atoms with Crippen LogP contribution in [-0.2, 0) is 0 Å².